The molecule has 0 aliphatic heterocycles. The third kappa shape index (κ3) is 5.02. The van der Waals surface area contributed by atoms with Crippen LogP contribution in [0.3, 0.4) is 0 Å². The lowest BCUT2D eigenvalue weighted by Gasteiger charge is -2.21. The van der Waals surface area contributed by atoms with Gasteiger partial charge in [-0.2, -0.15) is 0 Å². The maximum absolute atomic E-state index is 13.1. The van der Waals surface area contributed by atoms with E-state index in [1.807, 2.05) is 84.0 Å². The lowest BCUT2D eigenvalue weighted by molar-refractivity contribution is -0.0824. The van der Waals surface area contributed by atoms with Crippen LogP contribution >= 0.6 is 0 Å². The molecule has 0 N–H and O–H groups in total. The SMILES string of the molecule is Cc1cc(C)c(C(=O)OC(OC(=O)c2c(C)cc(C)cc2C)c2ccccc2)c(C)c1. The quantitative estimate of drug-likeness (QED) is 0.364. The van der Waals surface area contributed by atoms with Crippen LogP contribution in [0.5, 0.6) is 0 Å². The minimum Gasteiger partial charge on any atom is -0.417 e. The van der Waals surface area contributed by atoms with Gasteiger partial charge >= 0.3 is 11.9 Å². The van der Waals surface area contributed by atoms with E-state index in [2.05, 4.69) is 0 Å². The van der Waals surface area contributed by atoms with E-state index in [0.29, 0.717) is 16.7 Å². The number of ether oxygens (including phenoxy) is 2. The Kier molecular flexibility index (Phi) is 6.59. The normalized spacial score (nSPS) is 10.8. The molecular formula is C27H28O4. The standard InChI is InChI=1S/C27H28O4/c1-16-12-18(3)23(19(4)13-16)25(28)30-27(22-10-8-7-9-11-22)31-26(29)24-20(5)14-17(2)15-21(24)6/h7-15,27H,1-6H3. The number of carbonyl (C=O) groups is 2. The molecule has 0 bridgehead atoms. The molecule has 0 aromatic heterocycles. The first-order valence-electron chi connectivity index (χ1n) is 10.3. The third-order valence-corrected chi connectivity index (χ3v) is 5.26. The van der Waals surface area contributed by atoms with Crippen LogP contribution in [0.2, 0.25) is 0 Å². The molecule has 0 aliphatic carbocycles. The van der Waals surface area contributed by atoms with Gasteiger partial charge in [-0.1, -0.05) is 65.7 Å². The zero-order chi connectivity index (χ0) is 22.7. The molecule has 160 valence electrons. The molecule has 4 nitrogen and oxygen atoms in total. The molecule has 0 heterocycles. The molecule has 31 heavy (non-hydrogen) atoms. The number of carbonyl (C=O) groups excluding carboxylic acids is 2. The smallest absolute Gasteiger partial charge is 0.342 e. The summed E-state index contributed by atoms with van der Waals surface area (Å²) in [7, 11) is 0. The van der Waals surface area contributed by atoms with Crippen molar-refractivity contribution in [1.82, 2.24) is 0 Å². The average Bonchev–Trinajstić information content (AvgIpc) is 2.66. The van der Waals surface area contributed by atoms with Crippen molar-refractivity contribution in [3.63, 3.8) is 0 Å². The van der Waals surface area contributed by atoms with Crippen molar-refractivity contribution in [2.24, 2.45) is 0 Å². The van der Waals surface area contributed by atoms with Gasteiger partial charge in [0, 0.05) is 5.56 Å². The largest absolute Gasteiger partial charge is 0.417 e. The molecule has 0 amide bonds. The summed E-state index contributed by atoms with van der Waals surface area (Å²) in [6.07, 6.45) is -1.15. The van der Waals surface area contributed by atoms with Crippen molar-refractivity contribution in [3.8, 4) is 0 Å². The van der Waals surface area contributed by atoms with Gasteiger partial charge in [-0.25, -0.2) is 9.59 Å². The van der Waals surface area contributed by atoms with Crippen molar-refractivity contribution in [2.75, 3.05) is 0 Å². The van der Waals surface area contributed by atoms with Crippen molar-refractivity contribution >= 4 is 11.9 Å². The highest BCUT2D eigenvalue weighted by Gasteiger charge is 2.26. The molecule has 4 heteroatoms. The molecule has 0 spiro atoms. The van der Waals surface area contributed by atoms with Crippen LogP contribution in [0.4, 0.5) is 0 Å². The number of benzene rings is 3. The second-order valence-electron chi connectivity index (χ2n) is 8.10. The van der Waals surface area contributed by atoms with Gasteiger partial charge in [-0.05, 0) is 63.8 Å². The fourth-order valence-corrected chi connectivity index (χ4v) is 4.09. The minimum absolute atomic E-state index is 0.491. The molecule has 0 radical (unpaired) electrons. The highest BCUT2D eigenvalue weighted by Crippen LogP contribution is 2.27. The zero-order valence-corrected chi connectivity index (χ0v) is 18.9. The number of hydrogen-bond donors (Lipinski definition) is 0. The van der Waals surface area contributed by atoms with Crippen molar-refractivity contribution in [3.05, 3.63) is 105 Å². The Bertz CT molecular complexity index is 1010. The van der Waals surface area contributed by atoms with Gasteiger partial charge in [0.25, 0.3) is 6.29 Å². The van der Waals surface area contributed by atoms with E-state index >= 15 is 0 Å². The van der Waals surface area contributed by atoms with Crippen molar-refractivity contribution < 1.29 is 19.1 Å². The van der Waals surface area contributed by atoms with Gasteiger partial charge in [0.05, 0.1) is 11.1 Å². The molecular weight excluding hydrogens is 388 g/mol. The summed E-state index contributed by atoms with van der Waals surface area (Å²) in [5, 5.41) is 0. The molecule has 0 aliphatic rings. The van der Waals surface area contributed by atoms with Crippen LogP contribution in [0.25, 0.3) is 0 Å². The Morgan fingerprint density at radius 3 is 1.32 bits per heavy atom. The van der Waals surface area contributed by atoms with Crippen LogP contribution in [0, 0.1) is 41.5 Å². The highest BCUT2D eigenvalue weighted by atomic mass is 16.7. The summed E-state index contributed by atoms with van der Waals surface area (Å²) in [6.45, 7) is 11.5. The van der Waals surface area contributed by atoms with E-state index in [1.165, 1.54) is 0 Å². The predicted octanol–water partition coefficient (Wildman–Crippen LogP) is 6.25. The van der Waals surface area contributed by atoms with E-state index in [4.69, 9.17) is 9.47 Å². The summed E-state index contributed by atoms with van der Waals surface area (Å²) in [4.78, 5) is 26.1. The zero-order valence-electron chi connectivity index (χ0n) is 18.9. The number of aryl methyl sites for hydroxylation is 6. The molecule has 3 rings (SSSR count). The van der Waals surface area contributed by atoms with Gasteiger partial charge in [0.15, 0.2) is 0 Å². The van der Waals surface area contributed by atoms with Crippen LogP contribution in [0.1, 0.15) is 66.0 Å². The number of esters is 2. The van der Waals surface area contributed by atoms with Crippen LogP contribution in [-0.2, 0) is 9.47 Å². The Labute approximate surface area is 183 Å². The Morgan fingerprint density at radius 1 is 0.613 bits per heavy atom. The molecule has 3 aromatic carbocycles. The lowest BCUT2D eigenvalue weighted by Crippen LogP contribution is -2.20. The van der Waals surface area contributed by atoms with Crippen molar-refractivity contribution in [2.45, 2.75) is 47.8 Å². The summed E-state index contributed by atoms with van der Waals surface area (Å²) < 4.78 is 11.5. The first-order chi connectivity index (χ1) is 14.7. The summed E-state index contributed by atoms with van der Waals surface area (Å²) in [5.41, 5.74) is 7.02. The minimum atomic E-state index is -1.15. The van der Waals surface area contributed by atoms with Gasteiger partial charge in [0.1, 0.15) is 0 Å². The fourth-order valence-electron chi connectivity index (χ4n) is 4.09. The van der Waals surface area contributed by atoms with Gasteiger partial charge in [-0.15, -0.1) is 0 Å². The maximum Gasteiger partial charge on any atom is 0.342 e. The second-order valence-corrected chi connectivity index (χ2v) is 8.10. The molecule has 0 saturated heterocycles. The van der Waals surface area contributed by atoms with E-state index < -0.39 is 18.2 Å². The second kappa shape index (κ2) is 9.17. The lowest BCUT2D eigenvalue weighted by atomic mass is 10.00. The molecule has 3 aromatic rings. The monoisotopic (exact) mass is 416 g/mol. The Morgan fingerprint density at radius 2 is 0.968 bits per heavy atom. The Balaban J connectivity index is 1.94. The summed E-state index contributed by atoms with van der Waals surface area (Å²) in [6, 6.07) is 16.8. The molecule has 0 unspecified atom stereocenters. The van der Waals surface area contributed by atoms with E-state index in [0.717, 1.165) is 33.4 Å². The van der Waals surface area contributed by atoms with E-state index in [1.54, 1.807) is 12.1 Å². The predicted molar refractivity (Wildman–Crippen MR) is 121 cm³/mol. The number of hydrogen-bond acceptors (Lipinski definition) is 4. The van der Waals surface area contributed by atoms with Crippen LogP contribution in [0.15, 0.2) is 54.6 Å². The topological polar surface area (TPSA) is 52.6 Å². The van der Waals surface area contributed by atoms with Crippen molar-refractivity contribution in [1.29, 1.82) is 0 Å². The number of rotatable bonds is 5. The summed E-state index contributed by atoms with van der Waals surface area (Å²) in [5.74, 6) is -1.04. The van der Waals surface area contributed by atoms with Gasteiger partial charge in [0.2, 0.25) is 0 Å². The average molecular weight is 417 g/mol. The summed E-state index contributed by atoms with van der Waals surface area (Å²) >= 11 is 0. The first kappa shape index (κ1) is 22.3. The maximum atomic E-state index is 13.1. The van der Waals surface area contributed by atoms with Gasteiger partial charge < -0.3 is 9.47 Å². The van der Waals surface area contributed by atoms with Gasteiger partial charge in [-0.3, -0.25) is 0 Å². The highest BCUT2D eigenvalue weighted by molar-refractivity contribution is 5.94. The third-order valence-electron chi connectivity index (χ3n) is 5.26. The van der Waals surface area contributed by atoms with Crippen LogP contribution < -0.4 is 0 Å². The fraction of sp³-hybridized carbons (Fsp3) is 0.259. The molecule has 0 atom stereocenters. The van der Waals surface area contributed by atoms with Crippen LogP contribution in [-0.4, -0.2) is 11.9 Å². The molecule has 0 fully saturated rings. The first-order valence-corrected chi connectivity index (χ1v) is 10.3. The molecule has 0 saturated carbocycles. The van der Waals surface area contributed by atoms with E-state index in [9.17, 15) is 9.59 Å². The Hall–Kier alpha value is -3.40. The van der Waals surface area contributed by atoms with E-state index in [-0.39, 0.29) is 0 Å².